The van der Waals surface area contributed by atoms with Crippen molar-refractivity contribution in [2.75, 3.05) is 44.5 Å². The molecule has 0 aliphatic heterocycles. The molecule has 20 heavy (non-hydrogen) atoms. The van der Waals surface area contributed by atoms with Gasteiger partial charge in [-0.25, -0.2) is 4.98 Å². The molecule has 1 aromatic heterocycles. The summed E-state index contributed by atoms with van der Waals surface area (Å²) in [6.45, 7) is 4.83. The molecule has 0 saturated heterocycles. The molecule has 5 nitrogen and oxygen atoms in total. The Labute approximate surface area is 123 Å². The molecule has 2 aromatic rings. The number of rotatable bonds is 8. The average Bonchev–Trinajstić information content (AvgIpc) is 2.77. The van der Waals surface area contributed by atoms with E-state index >= 15 is 0 Å². The lowest BCUT2D eigenvalue weighted by atomic mass is 10.2. The van der Waals surface area contributed by atoms with E-state index in [4.69, 9.17) is 15.2 Å². The molecule has 0 radical (unpaired) electrons. The molecular formula is C14H21N3O2S. The number of anilines is 2. The molecule has 1 aromatic carbocycles. The number of methoxy groups -OCH3 is 1. The largest absolute Gasteiger partial charge is 0.397 e. The van der Waals surface area contributed by atoms with Gasteiger partial charge in [0.15, 0.2) is 0 Å². The molecule has 0 fully saturated rings. The van der Waals surface area contributed by atoms with Crippen LogP contribution in [0.2, 0.25) is 0 Å². The number of benzene rings is 1. The second kappa shape index (κ2) is 7.42. The summed E-state index contributed by atoms with van der Waals surface area (Å²) in [5, 5.41) is 4.39. The Kier molecular flexibility index (Phi) is 5.58. The number of aromatic nitrogens is 1. The number of nitrogens with one attached hydrogen (secondary N) is 1. The van der Waals surface area contributed by atoms with Crippen LogP contribution in [0.5, 0.6) is 0 Å². The summed E-state index contributed by atoms with van der Waals surface area (Å²) in [5.41, 5.74) is 8.75. The van der Waals surface area contributed by atoms with Crippen molar-refractivity contribution < 1.29 is 9.47 Å². The average molecular weight is 295 g/mol. The van der Waals surface area contributed by atoms with Gasteiger partial charge in [-0.2, -0.15) is 0 Å². The van der Waals surface area contributed by atoms with E-state index in [9.17, 15) is 0 Å². The fraction of sp³-hybridized carbons (Fsp3) is 0.500. The van der Waals surface area contributed by atoms with Crippen LogP contribution in [0.4, 0.5) is 11.4 Å². The van der Waals surface area contributed by atoms with E-state index in [1.807, 2.05) is 19.1 Å². The van der Waals surface area contributed by atoms with Crippen LogP contribution in [-0.2, 0) is 9.47 Å². The van der Waals surface area contributed by atoms with Crippen LogP contribution in [-0.4, -0.2) is 38.5 Å². The molecule has 0 amide bonds. The third-order valence-corrected chi connectivity index (χ3v) is 3.81. The molecular weight excluding hydrogens is 274 g/mol. The van der Waals surface area contributed by atoms with E-state index in [1.54, 1.807) is 18.4 Å². The van der Waals surface area contributed by atoms with Gasteiger partial charge in [0, 0.05) is 20.3 Å². The van der Waals surface area contributed by atoms with Crippen LogP contribution in [0.1, 0.15) is 11.4 Å². The van der Waals surface area contributed by atoms with Crippen molar-refractivity contribution >= 4 is 32.9 Å². The Bertz CT molecular complexity index is 557. The molecule has 0 saturated carbocycles. The maximum Gasteiger partial charge on any atom is 0.0907 e. The third-order valence-electron chi connectivity index (χ3n) is 2.88. The molecule has 0 unspecified atom stereocenters. The van der Waals surface area contributed by atoms with Crippen molar-refractivity contribution in [3.8, 4) is 0 Å². The lowest BCUT2D eigenvalue weighted by Gasteiger charge is -2.09. The van der Waals surface area contributed by atoms with Gasteiger partial charge in [-0.15, -0.1) is 11.3 Å². The van der Waals surface area contributed by atoms with Crippen LogP contribution in [0, 0.1) is 6.92 Å². The first-order valence-corrected chi connectivity index (χ1v) is 7.49. The highest BCUT2D eigenvalue weighted by Crippen LogP contribution is 2.29. The van der Waals surface area contributed by atoms with Crippen molar-refractivity contribution in [3.63, 3.8) is 0 Å². The zero-order chi connectivity index (χ0) is 14.4. The Hall–Kier alpha value is -1.37. The smallest absolute Gasteiger partial charge is 0.0907 e. The van der Waals surface area contributed by atoms with Crippen LogP contribution in [0.25, 0.3) is 10.2 Å². The SMILES string of the molecule is COCCOCCCNc1cc2nc(C)sc2cc1N. The molecule has 0 aliphatic carbocycles. The number of aryl methyl sites for hydroxylation is 1. The molecule has 110 valence electrons. The van der Waals surface area contributed by atoms with Crippen molar-refractivity contribution in [1.82, 2.24) is 4.98 Å². The molecule has 0 atom stereocenters. The number of nitrogen functional groups attached to an aromatic ring is 1. The van der Waals surface area contributed by atoms with Crippen molar-refractivity contribution in [1.29, 1.82) is 0 Å². The topological polar surface area (TPSA) is 69.4 Å². The molecule has 3 N–H and O–H groups in total. The number of thiazole rings is 1. The lowest BCUT2D eigenvalue weighted by molar-refractivity contribution is 0.0705. The Morgan fingerprint density at radius 3 is 2.95 bits per heavy atom. The highest BCUT2D eigenvalue weighted by Gasteiger charge is 2.05. The summed E-state index contributed by atoms with van der Waals surface area (Å²) < 4.78 is 11.5. The molecule has 1 heterocycles. The van der Waals surface area contributed by atoms with Crippen molar-refractivity contribution in [2.24, 2.45) is 0 Å². The van der Waals surface area contributed by atoms with E-state index < -0.39 is 0 Å². The zero-order valence-electron chi connectivity index (χ0n) is 11.9. The summed E-state index contributed by atoms with van der Waals surface area (Å²) >= 11 is 1.66. The maximum atomic E-state index is 6.04. The minimum Gasteiger partial charge on any atom is -0.397 e. The van der Waals surface area contributed by atoms with Crippen molar-refractivity contribution in [2.45, 2.75) is 13.3 Å². The van der Waals surface area contributed by atoms with Crippen molar-refractivity contribution in [3.05, 3.63) is 17.1 Å². The Balaban J connectivity index is 1.82. The molecule has 0 aliphatic rings. The van der Waals surface area contributed by atoms with Gasteiger partial charge in [-0.3, -0.25) is 0 Å². The quantitative estimate of drug-likeness (QED) is 0.579. The van der Waals surface area contributed by atoms with Crippen LogP contribution in [0.15, 0.2) is 12.1 Å². The van der Waals surface area contributed by atoms with E-state index in [0.717, 1.165) is 39.6 Å². The summed E-state index contributed by atoms with van der Waals surface area (Å²) in [6.07, 6.45) is 0.928. The fourth-order valence-electron chi connectivity index (χ4n) is 1.90. The Morgan fingerprint density at radius 1 is 1.30 bits per heavy atom. The summed E-state index contributed by atoms with van der Waals surface area (Å²) in [7, 11) is 1.67. The second-order valence-corrected chi connectivity index (χ2v) is 5.76. The van der Waals surface area contributed by atoms with E-state index in [-0.39, 0.29) is 0 Å². The van der Waals surface area contributed by atoms with E-state index in [1.165, 1.54) is 0 Å². The normalized spacial score (nSPS) is 11.1. The fourth-order valence-corrected chi connectivity index (χ4v) is 2.76. The summed E-state index contributed by atoms with van der Waals surface area (Å²) in [5.74, 6) is 0. The highest BCUT2D eigenvalue weighted by molar-refractivity contribution is 7.18. The zero-order valence-corrected chi connectivity index (χ0v) is 12.8. The number of nitrogens with zero attached hydrogens (tertiary/aromatic N) is 1. The van der Waals surface area contributed by atoms with Gasteiger partial charge in [-0.1, -0.05) is 0 Å². The van der Waals surface area contributed by atoms with Gasteiger partial charge >= 0.3 is 0 Å². The minimum absolute atomic E-state index is 0.639. The van der Waals surface area contributed by atoms with Crippen LogP contribution >= 0.6 is 11.3 Å². The van der Waals surface area contributed by atoms with E-state index in [0.29, 0.717) is 19.8 Å². The predicted octanol–water partition coefficient (Wildman–Crippen LogP) is 2.65. The molecule has 0 bridgehead atoms. The minimum atomic E-state index is 0.639. The first-order chi connectivity index (χ1) is 9.70. The number of nitrogens with two attached hydrogens (primary N) is 1. The van der Waals surface area contributed by atoms with E-state index in [2.05, 4.69) is 10.3 Å². The Morgan fingerprint density at radius 2 is 2.15 bits per heavy atom. The van der Waals surface area contributed by atoms with Crippen LogP contribution in [0.3, 0.4) is 0 Å². The molecule has 0 spiro atoms. The summed E-state index contributed by atoms with van der Waals surface area (Å²) in [6, 6.07) is 4.00. The van der Waals surface area contributed by atoms with Gasteiger partial charge in [0.25, 0.3) is 0 Å². The highest BCUT2D eigenvalue weighted by atomic mass is 32.1. The standard InChI is InChI=1S/C14H21N3O2S/c1-10-17-13-9-12(11(15)8-14(13)20-10)16-4-3-5-19-7-6-18-2/h8-9,16H,3-7,15H2,1-2H3. The summed E-state index contributed by atoms with van der Waals surface area (Å²) in [4.78, 5) is 4.48. The van der Waals surface area contributed by atoms with Gasteiger partial charge in [0.1, 0.15) is 0 Å². The van der Waals surface area contributed by atoms with Gasteiger partial charge in [-0.05, 0) is 25.5 Å². The number of hydrogen-bond donors (Lipinski definition) is 2. The monoisotopic (exact) mass is 295 g/mol. The lowest BCUT2D eigenvalue weighted by Crippen LogP contribution is -2.09. The van der Waals surface area contributed by atoms with Crippen LogP contribution < -0.4 is 11.1 Å². The first kappa shape index (κ1) is 15.0. The molecule has 2 rings (SSSR count). The van der Waals surface area contributed by atoms with Gasteiger partial charge in [0.2, 0.25) is 0 Å². The number of ether oxygens (including phenoxy) is 2. The van der Waals surface area contributed by atoms with Gasteiger partial charge < -0.3 is 20.5 Å². The first-order valence-electron chi connectivity index (χ1n) is 6.68. The predicted molar refractivity (Wildman–Crippen MR) is 84.6 cm³/mol. The van der Waals surface area contributed by atoms with Gasteiger partial charge in [0.05, 0.1) is 39.8 Å². The number of fused-ring (bicyclic) bond motifs is 1. The maximum absolute atomic E-state index is 6.04. The molecule has 6 heteroatoms. The third kappa shape index (κ3) is 4.06. The second-order valence-electron chi connectivity index (χ2n) is 4.53. The number of hydrogen-bond acceptors (Lipinski definition) is 6.